The minimum atomic E-state index is -2.36. The van der Waals surface area contributed by atoms with E-state index in [1.165, 1.54) is 45.3 Å². The van der Waals surface area contributed by atoms with Gasteiger partial charge in [0.2, 0.25) is 22.3 Å². The van der Waals surface area contributed by atoms with Crippen molar-refractivity contribution in [1.29, 1.82) is 21.0 Å². The van der Waals surface area contributed by atoms with Crippen LogP contribution in [0.1, 0.15) is 71.2 Å². The Bertz CT molecular complexity index is 4240. The number of hydrogen-bond acceptors (Lipinski definition) is 22. The standard InChI is InChI=1S/C68H46N6O10S6/c1-3-25-79-47-29-51(73-43(31-69)32-70)87-57(47)49-27-45-55(85-49)59-53(67(45,63(75)81-35-39-17-9-5-10-18-39)64(76)82-36-40-19-11-6-12-20-40)61-62(89-59)54-60(90-61)56-46(28-50(86-56)58-48(80-26-4-2)30-52(88-58)74-44(33-71)34-72)68(54,65(77)83-37-41-21-13-7-14-22-41)66(78)84-38-42-23-15-8-16-24-42/h5-24,27-30H,3-4,25-26,35-38H2,1-2H3. The van der Waals surface area contributed by atoms with Crippen molar-refractivity contribution < 1.29 is 47.6 Å². The highest BCUT2D eigenvalue weighted by Crippen LogP contribution is 2.68. The molecule has 0 bridgehead atoms. The Balaban J connectivity index is 1.14. The molecule has 0 saturated heterocycles. The molecule has 0 N–H and O–H groups in total. The van der Waals surface area contributed by atoms with Crippen molar-refractivity contribution in [2.75, 3.05) is 13.2 Å². The van der Waals surface area contributed by atoms with Gasteiger partial charge in [0, 0.05) is 44.1 Å². The quantitative estimate of drug-likeness (QED) is 0.0265. The van der Waals surface area contributed by atoms with Gasteiger partial charge in [-0.15, -0.1) is 68.0 Å². The summed E-state index contributed by atoms with van der Waals surface area (Å²) in [5, 5.41) is 39.5. The molecule has 0 saturated carbocycles. The number of aliphatic imine (C=N–C) groups is 2. The molecule has 0 spiro atoms. The Morgan fingerprint density at radius 1 is 0.411 bits per heavy atom. The summed E-state index contributed by atoms with van der Waals surface area (Å²) in [5.41, 5.74) is -1.90. The molecule has 6 aromatic heterocycles. The predicted molar refractivity (Wildman–Crippen MR) is 348 cm³/mol. The topological polar surface area (TPSA) is 244 Å². The van der Waals surface area contributed by atoms with Gasteiger partial charge in [-0.05, 0) is 47.2 Å². The molecule has 12 rings (SSSR count). The van der Waals surface area contributed by atoms with Crippen LogP contribution < -0.4 is 9.47 Å². The summed E-state index contributed by atoms with van der Waals surface area (Å²) in [6, 6.07) is 50.3. The highest BCUT2D eigenvalue weighted by molar-refractivity contribution is 7.36. The molecule has 90 heavy (non-hydrogen) atoms. The van der Waals surface area contributed by atoms with Gasteiger partial charge in [-0.3, -0.25) is 19.2 Å². The molecule has 22 heteroatoms. The number of nitriles is 4. The molecule has 444 valence electrons. The van der Waals surface area contributed by atoms with Crippen LogP contribution in [0.15, 0.2) is 156 Å². The van der Waals surface area contributed by atoms with E-state index in [0.29, 0.717) is 118 Å². The SMILES string of the molecule is CCCOc1cc(N=C(C#N)C#N)sc1-c1cc2c(s1)-c1sc3c4c(sc3c1C2(C(=O)OCc1ccccc1)C(=O)OCc1ccccc1)-c1sc(-c2sc(N=C(C#N)C#N)cc2OCCC)cc1C4(C(=O)OCc1ccccc1)C(=O)OCc1ccccc1. The van der Waals surface area contributed by atoms with Gasteiger partial charge in [0.05, 0.1) is 51.9 Å². The molecule has 16 nitrogen and oxygen atoms in total. The zero-order valence-electron chi connectivity index (χ0n) is 47.7. The smallest absolute Gasteiger partial charge is 0.333 e. The van der Waals surface area contributed by atoms with Gasteiger partial charge in [0.25, 0.3) is 0 Å². The summed E-state index contributed by atoms with van der Waals surface area (Å²) in [5.74, 6) is -3.00. The summed E-state index contributed by atoms with van der Waals surface area (Å²) in [6.07, 6.45) is 1.28. The van der Waals surface area contributed by atoms with Crippen LogP contribution in [0.4, 0.5) is 10.0 Å². The predicted octanol–water partition coefficient (Wildman–Crippen LogP) is 15.9. The van der Waals surface area contributed by atoms with Crippen molar-refractivity contribution in [3.63, 3.8) is 0 Å². The highest BCUT2D eigenvalue weighted by atomic mass is 32.1. The van der Waals surface area contributed by atoms with Crippen LogP contribution in [0.3, 0.4) is 0 Å². The molecular formula is C68H46N6O10S6. The van der Waals surface area contributed by atoms with E-state index in [2.05, 4.69) is 9.98 Å². The fourth-order valence-electron chi connectivity index (χ4n) is 10.6. The average Bonchev–Trinajstić information content (AvgIpc) is 1.49. The normalized spacial score (nSPS) is 12.6. The first-order valence-corrected chi connectivity index (χ1v) is 32.9. The van der Waals surface area contributed by atoms with Crippen molar-refractivity contribution in [3.05, 3.63) is 190 Å². The third-order valence-electron chi connectivity index (χ3n) is 14.6. The van der Waals surface area contributed by atoms with Gasteiger partial charge < -0.3 is 28.4 Å². The van der Waals surface area contributed by atoms with Crippen molar-refractivity contribution >= 4 is 123 Å². The molecule has 0 fully saturated rings. The number of hydrogen-bond donors (Lipinski definition) is 0. The Labute approximate surface area is 539 Å². The zero-order valence-corrected chi connectivity index (χ0v) is 52.6. The molecule has 4 aromatic carbocycles. The molecule has 6 heterocycles. The zero-order chi connectivity index (χ0) is 62.5. The number of nitrogens with zero attached hydrogens (tertiary/aromatic N) is 6. The minimum Gasteiger partial charge on any atom is -0.492 e. The van der Waals surface area contributed by atoms with Crippen LogP contribution in [-0.4, -0.2) is 48.5 Å². The lowest BCUT2D eigenvalue weighted by Crippen LogP contribution is -2.46. The molecule has 2 aliphatic rings. The molecule has 2 aliphatic carbocycles. The van der Waals surface area contributed by atoms with Crippen LogP contribution in [0, 0.1) is 45.3 Å². The summed E-state index contributed by atoms with van der Waals surface area (Å²) < 4.78 is 39.0. The number of benzene rings is 4. The second-order valence-corrected chi connectivity index (χ2v) is 26.6. The van der Waals surface area contributed by atoms with E-state index in [1.807, 2.05) is 111 Å². The van der Waals surface area contributed by atoms with Crippen LogP contribution in [0.2, 0.25) is 0 Å². The number of fused-ring (bicyclic) bond motifs is 9. The van der Waals surface area contributed by atoms with E-state index in [9.17, 15) is 21.0 Å². The first kappa shape index (κ1) is 60.4. The largest absolute Gasteiger partial charge is 0.492 e. The maximum Gasteiger partial charge on any atom is 0.333 e. The number of carbonyl (C=O) groups excluding carboxylic acids is 4. The maximum absolute atomic E-state index is 16.1. The number of esters is 4. The van der Waals surface area contributed by atoms with Crippen LogP contribution in [0.25, 0.3) is 48.4 Å². The first-order chi connectivity index (χ1) is 44.0. The van der Waals surface area contributed by atoms with Crippen LogP contribution in [0.5, 0.6) is 11.5 Å². The van der Waals surface area contributed by atoms with E-state index >= 15 is 19.2 Å². The van der Waals surface area contributed by atoms with E-state index in [0.717, 1.165) is 22.7 Å². The van der Waals surface area contributed by atoms with E-state index in [1.54, 1.807) is 72.8 Å². The molecule has 0 radical (unpaired) electrons. The van der Waals surface area contributed by atoms with Gasteiger partial charge >= 0.3 is 23.9 Å². The lowest BCUT2D eigenvalue weighted by molar-refractivity contribution is -0.166. The third-order valence-corrected chi connectivity index (χ3v) is 22.2. The minimum absolute atomic E-state index is 0.232. The Morgan fingerprint density at radius 3 is 1.01 bits per heavy atom. The lowest BCUT2D eigenvalue weighted by Gasteiger charge is -2.27. The molecule has 0 amide bonds. The van der Waals surface area contributed by atoms with Crippen molar-refractivity contribution in [1.82, 2.24) is 0 Å². The number of rotatable bonds is 22. The molecule has 0 aliphatic heterocycles. The van der Waals surface area contributed by atoms with Gasteiger partial charge in [-0.2, -0.15) is 21.0 Å². The van der Waals surface area contributed by atoms with Gasteiger partial charge in [-0.25, -0.2) is 9.98 Å². The molecule has 0 atom stereocenters. The fourth-order valence-corrected chi connectivity index (χ4v) is 18.6. The van der Waals surface area contributed by atoms with E-state index in [4.69, 9.17) is 28.4 Å². The maximum atomic E-state index is 16.1. The number of ether oxygens (including phenoxy) is 6. The molecular weight excluding hydrogens is 1250 g/mol. The summed E-state index contributed by atoms with van der Waals surface area (Å²) in [4.78, 5) is 77.3. The monoisotopic (exact) mass is 1300 g/mol. The first-order valence-electron chi connectivity index (χ1n) is 28.0. The average molecular weight is 1300 g/mol. The van der Waals surface area contributed by atoms with Crippen molar-refractivity contribution in [2.24, 2.45) is 9.98 Å². The molecule has 0 unspecified atom stereocenters. The van der Waals surface area contributed by atoms with Crippen molar-refractivity contribution in [2.45, 2.75) is 63.9 Å². The lowest BCUT2D eigenvalue weighted by atomic mass is 9.77. The van der Waals surface area contributed by atoms with E-state index in [-0.39, 0.29) is 60.1 Å². The highest BCUT2D eigenvalue weighted by Gasteiger charge is 2.65. The fraction of sp³-hybridized carbons (Fsp3) is 0.176. The summed E-state index contributed by atoms with van der Waals surface area (Å²) >= 11 is 7.27. The second kappa shape index (κ2) is 26.1. The van der Waals surface area contributed by atoms with Crippen LogP contribution >= 0.6 is 68.0 Å². The summed E-state index contributed by atoms with van der Waals surface area (Å²) in [7, 11) is 0. The van der Waals surface area contributed by atoms with Gasteiger partial charge in [-0.1, -0.05) is 135 Å². The van der Waals surface area contributed by atoms with Crippen LogP contribution in [-0.2, 0) is 75.4 Å². The van der Waals surface area contributed by atoms with Gasteiger partial charge in [0.1, 0.15) is 72.2 Å². The Hall–Kier alpha value is -9.88. The second-order valence-electron chi connectivity index (χ2n) is 20.3. The number of thiophene rings is 6. The van der Waals surface area contributed by atoms with E-state index < -0.39 is 34.7 Å². The Morgan fingerprint density at radius 2 is 0.722 bits per heavy atom. The molecule has 10 aromatic rings. The van der Waals surface area contributed by atoms with Gasteiger partial charge in [0.15, 0.2) is 0 Å². The number of carbonyl (C=O) groups is 4. The third kappa shape index (κ3) is 10.9. The van der Waals surface area contributed by atoms with Crippen molar-refractivity contribution in [3.8, 4) is 74.8 Å². The summed E-state index contributed by atoms with van der Waals surface area (Å²) in [6.45, 7) is 3.58. The Kier molecular flexibility index (Phi) is 17.5.